The van der Waals surface area contributed by atoms with E-state index >= 15 is 0 Å². The summed E-state index contributed by atoms with van der Waals surface area (Å²) in [5.41, 5.74) is 5.66. The minimum absolute atomic E-state index is 0.253. The highest BCUT2D eigenvalue weighted by atomic mass is 16.5. The number of ether oxygens (including phenoxy) is 1. The molecule has 2 unspecified atom stereocenters. The summed E-state index contributed by atoms with van der Waals surface area (Å²) in [6.07, 6.45) is 3.14. The minimum atomic E-state index is -1.04. The van der Waals surface area contributed by atoms with Gasteiger partial charge in [-0.3, -0.25) is 14.5 Å². The van der Waals surface area contributed by atoms with Crippen LogP contribution in [0.5, 0.6) is 0 Å². The van der Waals surface area contributed by atoms with Crippen LogP contribution < -0.4 is 5.73 Å². The number of nitrogens with two attached hydrogens (primary N) is 1. The second kappa shape index (κ2) is 7.72. The van der Waals surface area contributed by atoms with Gasteiger partial charge in [0.25, 0.3) is 0 Å². The van der Waals surface area contributed by atoms with Crippen LogP contribution in [0, 0.1) is 0 Å². The molecule has 0 bridgehead atoms. The summed E-state index contributed by atoms with van der Waals surface area (Å²) in [5.74, 6) is -1.29. The van der Waals surface area contributed by atoms with Gasteiger partial charge in [-0.25, -0.2) is 0 Å². The molecule has 120 valence electrons. The van der Waals surface area contributed by atoms with Crippen LogP contribution in [0.2, 0.25) is 0 Å². The molecule has 2 fully saturated rings. The Hall–Kier alpha value is -1.18. The highest BCUT2D eigenvalue weighted by Gasteiger charge is 2.26. The quantitative estimate of drug-likeness (QED) is 0.710. The van der Waals surface area contributed by atoms with Crippen LogP contribution in [-0.2, 0) is 14.3 Å². The molecule has 0 aliphatic carbocycles. The SMILES string of the molecule is NC(CC(=O)O)C(=O)N1CCCN(CC2CCCO2)CC1. The van der Waals surface area contributed by atoms with Gasteiger partial charge in [-0.1, -0.05) is 0 Å². The number of hydrogen-bond donors (Lipinski definition) is 2. The fraction of sp³-hybridized carbons (Fsp3) is 0.857. The van der Waals surface area contributed by atoms with Crippen molar-refractivity contribution in [1.82, 2.24) is 9.80 Å². The standard InChI is InChI=1S/C14H25N3O4/c15-12(9-13(18)19)14(20)17-5-2-4-16(6-7-17)10-11-3-1-8-21-11/h11-12H,1-10,15H2,(H,18,19). The maximum Gasteiger partial charge on any atom is 0.305 e. The summed E-state index contributed by atoms with van der Waals surface area (Å²) < 4.78 is 5.65. The Bertz CT molecular complexity index is 371. The molecule has 1 amide bonds. The Kier molecular flexibility index (Phi) is 5.96. The maximum atomic E-state index is 12.1. The van der Waals surface area contributed by atoms with E-state index in [2.05, 4.69) is 4.90 Å². The van der Waals surface area contributed by atoms with Crippen LogP contribution in [0.4, 0.5) is 0 Å². The number of carbonyl (C=O) groups excluding carboxylic acids is 1. The molecule has 2 rings (SSSR count). The molecular formula is C14H25N3O4. The van der Waals surface area contributed by atoms with E-state index in [0.717, 1.165) is 45.5 Å². The monoisotopic (exact) mass is 299 g/mol. The van der Waals surface area contributed by atoms with Gasteiger partial charge < -0.3 is 20.5 Å². The second-order valence-electron chi connectivity index (χ2n) is 5.82. The lowest BCUT2D eigenvalue weighted by Gasteiger charge is -2.25. The van der Waals surface area contributed by atoms with Crippen molar-refractivity contribution in [2.45, 2.75) is 37.8 Å². The van der Waals surface area contributed by atoms with Crippen molar-refractivity contribution in [1.29, 1.82) is 0 Å². The van der Waals surface area contributed by atoms with E-state index in [1.54, 1.807) is 4.90 Å². The zero-order valence-corrected chi connectivity index (χ0v) is 12.4. The van der Waals surface area contributed by atoms with Gasteiger partial charge in [0.2, 0.25) is 5.91 Å². The summed E-state index contributed by atoms with van der Waals surface area (Å²) >= 11 is 0. The van der Waals surface area contributed by atoms with Crippen molar-refractivity contribution in [2.24, 2.45) is 5.73 Å². The van der Waals surface area contributed by atoms with E-state index in [1.165, 1.54) is 0 Å². The van der Waals surface area contributed by atoms with Crippen molar-refractivity contribution in [3.63, 3.8) is 0 Å². The van der Waals surface area contributed by atoms with Gasteiger partial charge >= 0.3 is 5.97 Å². The van der Waals surface area contributed by atoms with E-state index in [4.69, 9.17) is 15.6 Å². The molecule has 2 atom stereocenters. The van der Waals surface area contributed by atoms with E-state index in [0.29, 0.717) is 19.2 Å². The van der Waals surface area contributed by atoms with Crippen molar-refractivity contribution in [3.05, 3.63) is 0 Å². The molecule has 2 aliphatic rings. The normalized spacial score (nSPS) is 25.6. The molecular weight excluding hydrogens is 274 g/mol. The van der Waals surface area contributed by atoms with Crippen LogP contribution in [-0.4, -0.2) is 78.3 Å². The van der Waals surface area contributed by atoms with Crippen molar-refractivity contribution < 1.29 is 19.4 Å². The third-order valence-corrected chi connectivity index (χ3v) is 4.10. The molecule has 2 aliphatic heterocycles. The Labute approximate surface area is 125 Å². The van der Waals surface area contributed by atoms with Crippen molar-refractivity contribution >= 4 is 11.9 Å². The van der Waals surface area contributed by atoms with Crippen LogP contribution in [0.25, 0.3) is 0 Å². The predicted molar refractivity (Wildman–Crippen MR) is 76.8 cm³/mol. The molecule has 0 aromatic rings. The van der Waals surface area contributed by atoms with E-state index in [9.17, 15) is 9.59 Å². The van der Waals surface area contributed by atoms with Crippen molar-refractivity contribution in [3.8, 4) is 0 Å². The second-order valence-corrected chi connectivity index (χ2v) is 5.82. The molecule has 0 radical (unpaired) electrons. The number of nitrogens with zero attached hydrogens (tertiary/aromatic N) is 2. The summed E-state index contributed by atoms with van der Waals surface area (Å²) in [5, 5.41) is 8.72. The fourth-order valence-electron chi connectivity index (χ4n) is 2.96. The lowest BCUT2D eigenvalue weighted by atomic mass is 10.2. The molecule has 21 heavy (non-hydrogen) atoms. The van der Waals surface area contributed by atoms with Gasteiger partial charge in [0.15, 0.2) is 0 Å². The smallest absolute Gasteiger partial charge is 0.305 e. The fourth-order valence-corrected chi connectivity index (χ4v) is 2.96. The molecule has 0 spiro atoms. The number of carboxylic acid groups (broad SMARTS) is 1. The van der Waals surface area contributed by atoms with Gasteiger partial charge in [-0.2, -0.15) is 0 Å². The number of rotatable bonds is 5. The number of aliphatic carboxylic acids is 1. The van der Waals surface area contributed by atoms with Crippen LogP contribution in [0.3, 0.4) is 0 Å². The summed E-state index contributed by atoms with van der Waals surface area (Å²) in [6, 6.07) is -0.938. The minimum Gasteiger partial charge on any atom is -0.481 e. The summed E-state index contributed by atoms with van der Waals surface area (Å²) in [7, 11) is 0. The van der Waals surface area contributed by atoms with Gasteiger partial charge in [0, 0.05) is 32.8 Å². The summed E-state index contributed by atoms with van der Waals surface area (Å²) in [6.45, 7) is 4.77. The molecule has 2 heterocycles. The topological polar surface area (TPSA) is 96.1 Å². The Morgan fingerprint density at radius 1 is 1.24 bits per heavy atom. The van der Waals surface area contributed by atoms with Gasteiger partial charge in [0.1, 0.15) is 0 Å². The Morgan fingerprint density at radius 2 is 2.05 bits per heavy atom. The Morgan fingerprint density at radius 3 is 2.71 bits per heavy atom. The predicted octanol–water partition coefficient (Wildman–Crippen LogP) is -0.498. The maximum absolute atomic E-state index is 12.1. The average molecular weight is 299 g/mol. The van der Waals surface area contributed by atoms with Crippen LogP contribution in [0.1, 0.15) is 25.7 Å². The Balaban J connectivity index is 1.79. The van der Waals surface area contributed by atoms with Crippen molar-refractivity contribution in [2.75, 3.05) is 39.3 Å². The lowest BCUT2D eigenvalue weighted by molar-refractivity contribution is -0.141. The molecule has 3 N–H and O–H groups in total. The molecule has 7 heteroatoms. The molecule has 0 aromatic carbocycles. The van der Waals surface area contributed by atoms with Gasteiger partial charge in [-0.05, 0) is 25.8 Å². The number of hydrogen-bond acceptors (Lipinski definition) is 5. The number of carboxylic acids is 1. The number of amides is 1. The first kappa shape index (κ1) is 16.2. The third kappa shape index (κ3) is 4.94. The summed E-state index contributed by atoms with van der Waals surface area (Å²) in [4.78, 5) is 26.8. The van der Waals surface area contributed by atoms with Crippen LogP contribution >= 0.6 is 0 Å². The highest BCUT2D eigenvalue weighted by molar-refractivity contribution is 5.86. The third-order valence-electron chi connectivity index (χ3n) is 4.10. The zero-order chi connectivity index (χ0) is 15.2. The first-order valence-electron chi connectivity index (χ1n) is 7.66. The molecule has 2 saturated heterocycles. The van der Waals surface area contributed by atoms with Crippen LogP contribution in [0.15, 0.2) is 0 Å². The average Bonchev–Trinajstić information content (AvgIpc) is 2.82. The molecule has 0 aromatic heterocycles. The first-order valence-corrected chi connectivity index (χ1v) is 7.66. The van der Waals surface area contributed by atoms with Gasteiger partial charge in [0.05, 0.1) is 18.6 Å². The molecule has 7 nitrogen and oxygen atoms in total. The highest BCUT2D eigenvalue weighted by Crippen LogP contribution is 2.15. The largest absolute Gasteiger partial charge is 0.481 e. The zero-order valence-electron chi connectivity index (χ0n) is 12.4. The number of carbonyl (C=O) groups is 2. The van der Waals surface area contributed by atoms with Gasteiger partial charge in [-0.15, -0.1) is 0 Å². The lowest BCUT2D eigenvalue weighted by Crippen LogP contribution is -2.46. The molecule has 0 saturated carbocycles. The van der Waals surface area contributed by atoms with E-state index in [-0.39, 0.29) is 12.3 Å². The first-order chi connectivity index (χ1) is 10.1. The van der Waals surface area contributed by atoms with E-state index < -0.39 is 12.0 Å². The van der Waals surface area contributed by atoms with E-state index in [1.807, 2.05) is 0 Å².